The molecule has 0 aliphatic carbocycles. The zero-order valence-electron chi connectivity index (χ0n) is 28.0. The number of likely N-dealkylation sites (N-methyl/N-ethyl adjacent to an activating group) is 1. The largest absolute Gasteiger partial charge is 0.493 e. The van der Waals surface area contributed by atoms with Crippen LogP contribution in [-0.2, 0) is 22.4 Å². The molecule has 3 aromatic rings. The number of ether oxygens (including phenoxy) is 3. The predicted octanol–water partition coefficient (Wildman–Crippen LogP) is 5.89. The lowest BCUT2D eigenvalue weighted by atomic mass is 9.96. The monoisotopic (exact) mass is 668 g/mol. The van der Waals surface area contributed by atoms with Gasteiger partial charge in [-0.15, -0.1) is 0 Å². The minimum Gasteiger partial charge on any atom is -0.493 e. The van der Waals surface area contributed by atoms with Gasteiger partial charge in [-0.25, -0.2) is 0 Å². The summed E-state index contributed by atoms with van der Waals surface area (Å²) in [6.07, 6.45) is 5.00. The van der Waals surface area contributed by atoms with E-state index in [1.807, 2.05) is 59.5 Å². The van der Waals surface area contributed by atoms with Gasteiger partial charge in [-0.1, -0.05) is 36.5 Å². The van der Waals surface area contributed by atoms with Gasteiger partial charge in [0.2, 0.25) is 6.79 Å². The van der Waals surface area contributed by atoms with Crippen molar-refractivity contribution in [1.82, 2.24) is 9.80 Å². The van der Waals surface area contributed by atoms with Crippen LogP contribution in [0.3, 0.4) is 0 Å². The van der Waals surface area contributed by atoms with Gasteiger partial charge in [0.15, 0.2) is 11.5 Å². The predicted molar refractivity (Wildman–Crippen MR) is 185 cm³/mol. The van der Waals surface area contributed by atoms with Crippen LogP contribution in [0.15, 0.2) is 54.6 Å². The Morgan fingerprint density at radius 2 is 1.61 bits per heavy atom. The molecule has 0 saturated carbocycles. The van der Waals surface area contributed by atoms with Crippen LogP contribution in [0.4, 0.5) is 0 Å². The average molecular weight is 669 g/mol. The van der Waals surface area contributed by atoms with E-state index in [0.29, 0.717) is 55.2 Å². The zero-order valence-corrected chi connectivity index (χ0v) is 28.0. The van der Waals surface area contributed by atoms with Gasteiger partial charge >= 0.3 is 11.9 Å². The fraction of sp³-hybridized carbons (Fsp3) is 0.410. The third-order valence-electron chi connectivity index (χ3n) is 8.77. The van der Waals surface area contributed by atoms with Gasteiger partial charge in [0.05, 0.1) is 6.61 Å². The molecule has 0 unspecified atom stereocenters. The van der Waals surface area contributed by atoms with E-state index in [0.717, 1.165) is 66.6 Å². The van der Waals surface area contributed by atoms with Gasteiger partial charge in [-0.3, -0.25) is 14.4 Å². The van der Waals surface area contributed by atoms with Gasteiger partial charge in [0.1, 0.15) is 5.75 Å². The van der Waals surface area contributed by atoms with Crippen LogP contribution < -0.4 is 14.2 Å². The van der Waals surface area contributed by atoms with Crippen LogP contribution in [0.1, 0.15) is 72.0 Å². The Bertz CT molecular complexity index is 1700. The first-order valence-corrected chi connectivity index (χ1v) is 17.0. The third-order valence-corrected chi connectivity index (χ3v) is 8.77. The summed E-state index contributed by atoms with van der Waals surface area (Å²) in [5.41, 5.74) is 5.17. The molecule has 0 bridgehead atoms. The molecule has 1 fully saturated rings. The highest BCUT2D eigenvalue weighted by molar-refractivity contribution is 5.96. The molecule has 2 heterocycles. The van der Waals surface area contributed by atoms with E-state index in [9.17, 15) is 19.5 Å². The number of benzene rings is 3. The molecule has 2 N–H and O–H groups in total. The highest BCUT2D eigenvalue weighted by Gasteiger charge is 2.22. The summed E-state index contributed by atoms with van der Waals surface area (Å²) < 4.78 is 16.9. The fourth-order valence-electron chi connectivity index (χ4n) is 6.03. The summed E-state index contributed by atoms with van der Waals surface area (Å²) >= 11 is 0. The van der Waals surface area contributed by atoms with E-state index in [2.05, 4.69) is 23.8 Å². The first kappa shape index (κ1) is 35.3. The number of carboxylic acids is 2. The SMILES string of the molecule is CN1CCN(C(=O)c2cc(C#CCCCCCc3cccc(OCCCC(=O)O)c3CCC(=O)O)cc(-c3ccc4c(c3)OCO4)c2)CC1. The van der Waals surface area contributed by atoms with Gasteiger partial charge in [-0.05, 0) is 97.8 Å². The summed E-state index contributed by atoms with van der Waals surface area (Å²) in [6.45, 7) is 3.53. The second-order valence-corrected chi connectivity index (χ2v) is 12.5. The minimum absolute atomic E-state index is 0.00333. The second kappa shape index (κ2) is 17.4. The van der Waals surface area contributed by atoms with Crippen molar-refractivity contribution in [2.75, 3.05) is 46.6 Å². The van der Waals surface area contributed by atoms with Crippen LogP contribution >= 0.6 is 0 Å². The number of carboxylic acid groups (broad SMARTS) is 2. The summed E-state index contributed by atoms with van der Waals surface area (Å²) in [7, 11) is 2.07. The lowest BCUT2D eigenvalue weighted by molar-refractivity contribution is -0.138. The first-order valence-electron chi connectivity index (χ1n) is 17.0. The first-order chi connectivity index (χ1) is 23.8. The molecule has 0 radical (unpaired) electrons. The molecule has 0 aromatic heterocycles. The number of aliphatic carboxylic acids is 2. The number of hydrogen-bond donors (Lipinski definition) is 2. The number of carbonyl (C=O) groups is 3. The Hall–Kier alpha value is -5.01. The topological polar surface area (TPSA) is 126 Å². The maximum Gasteiger partial charge on any atom is 0.303 e. The fourth-order valence-corrected chi connectivity index (χ4v) is 6.03. The zero-order chi connectivity index (χ0) is 34.6. The maximum absolute atomic E-state index is 13.6. The number of carbonyl (C=O) groups excluding carboxylic acids is 1. The Balaban J connectivity index is 1.21. The van der Waals surface area contributed by atoms with Crippen LogP contribution in [0.25, 0.3) is 11.1 Å². The Labute approximate surface area is 287 Å². The Kier molecular flexibility index (Phi) is 12.5. The van der Waals surface area contributed by atoms with Crippen LogP contribution in [0.5, 0.6) is 17.2 Å². The van der Waals surface area contributed by atoms with E-state index >= 15 is 0 Å². The number of unbranched alkanes of at least 4 members (excludes halogenated alkanes) is 3. The normalized spacial score (nSPS) is 13.9. The molecule has 2 aliphatic rings. The summed E-state index contributed by atoms with van der Waals surface area (Å²) in [4.78, 5) is 39.8. The summed E-state index contributed by atoms with van der Waals surface area (Å²) in [6, 6.07) is 17.4. The van der Waals surface area contributed by atoms with Crippen molar-refractivity contribution in [1.29, 1.82) is 0 Å². The van der Waals surface area contributed by atoms with Crippen molar-refractivity contribution < 1.29 is 38.8 Å². The molecule has 1 saturated heterocycles. The summed E-state index contributed by atoms with van der Waals surface area (Å²) in [5, 5.41) is 18.2. The molecule has 49 heavy (non-hydrogen) atoms. The van der Waals surface area contributed by atoms with Crippen molar-refractivity contribution in [2.45, 2.75) is 57.8 Å². The van der Waals surface area contributed by atoms with E-state index in [1.54, 1.807) is 0 Å². The van der Waals surface area contributed by atoms with Crippen LogP contribution in [-0.4, -0.2) is 84.5 Å². The van der Waals surface area contributed by atoms with Crippen molar-refractivity contribution in [3.8, 4) is 40.2 Å². The average Bonchev–Trinajstić information content (AvgIpc) is 3.57. The highest BCUT2D eigenvalue weighted by Crippen LogP contribution is 2.36. The molecule has 3 aromatic carbocycles. The molecular weight excluding hydrogens is 624 g/mol. The summed E-state index contributed by atoms with van der Waals surface area (Å²) in [5.74, 6) is 6.90. The third kappa shape index (κ3) is 10.2. The lowest BCUT2D eigenvalue weighted by Gasteiger charge is -2.32. The van der Waals surface area contributed by atoms with Crippen molar-refractivity contribution >= 4 is 17.8 Å². The van der Waals surface area contributed by atoms with Gasteiger partial charge in [-0.2, -0.15) is 0 Å². The standard InChI is InChI=1S/C39H44N2O8/c1-40-18-20-41(21-19-40)39(46)32-24-28(23-31(25-32)30-14-16-35-36(26-30)49-27-48-35)9-5-3-2-4-6-10-29-11-7-12-34(33(29)15-17-38(44)45)47-22-8-13-37(42)43/h7,11-12,14,16,23-26H,2-4,6,8,10,13,15,17-22,27H2,1H3,(H,42,43)(H,44,45). The van der Waals surface area contributed by atoms with Crippen LogP contribution in [0, 0.1) is 11.8 Å². The molecule has 0 atom stereocenters. The number of nitrogens with zero attached hydrogens (tertiary/aromatic N) is 2. The number of piperazine rings is 1. The number of rotatable bonds is 15. The van der Waals surface area contributed by atoms with Crippen molar-refractivity contribution in [3.05, 3.63) is 76.9 Å². The molecule has 258 valence electrons. The molecular formula is C39H44N2O8. The van der Waals surface area contributed by atoms with E-state index in [-0.39, 0.29) is 32.1 Å². The lowest BCUT2D eigenvalue weighted by Crippen LogP contribution is -2.47. The van der Waals surface area contributed by atoms with Crippen molar-refractivity contribution in [2.24, 2.45) is 0 Å². The molecule has 10 heteroatoms. The molecule has 2 aliphatic heterocycles. The number of hydrogen-bond acceptors (Lipinski definition) is 7. The van der Waals surface area contributed by atoms with Gasteiger partial charge < -0.3 is 34.2 Å². The second-order valence-electron chi connectivity index (χ2n) is 12.5. The van der Waals surface area contributed by atoms with Crippen LogP contribution in [0.2, 0.25) is 0 Å². The Morgan fingerprint density at radius 1 is 0.816 bits per heavy atom. The quantitative estimate of drug-likeness (QED) is 0.151. The number of aryl methyl sites for hydroxylation is 1. The van der Waals surface area contributed by atoms with E-state index < -0.39 is 11.9 Å². The van der Waals surface area contributed by atoms with E-state index in [1.165, 1.54) is 0 Å². The van der Waals surface area contributed by atoms with Crippen molar-refractivity contribution in [3.63, 3.8) is 0 Å². The molecule has 10 nitrogen and oxygen atoms in total. The number of fused-ring (bicyclic) bond motifs is 1. The smallest absolute Gasteiger partial charge is 0.303 e. The molecule has 0 spiro atoms. The molecule has 5 rings (SSSR count). The maximum atomic E-state index is 13.6. The minimum atomic E-state index is -0.873. The molecule has 1 amide bonds. The van der Waals surface area contributed by atoms with E-state index in [4.69, 9.17) is 19.3 Å². The van der Waals surface area contributed by atoms with Gasteiger partial charge in [0.25, 0.3) is 5.91 Å². The Morgan fingerprint density at radius 3 is 2.41 bits per heavy atom. The van der Waals surface area contributed by atoms with Gasteiger partial charge in [0, 0.05) is 56.6 Å². The number of amides is 1. The highest BCUT2D eigenvalue weighted by atomic mass is 16.7.